The zero-order valence-electron chi connectivity index (χ0n) is 12.7. The fraction of sp³-hybridized carbons (Fsp3) is 0.278. The first-order valence-electron chi connectivity index (χ1n) is 7.47. The Hall–Kier alpha value is -2.00. The second-order valence-corrected chi connectivity index (χ2v) is 6.12. The summed E-state index contributed by atoms with van der Waals surface area (Å²) in [4.78, 5) is 13.9. The average Bonchev–Trinajstić information content (AvgIpc) is 2.49. The molecule has 1 aliphatic heterocycles. The van der Waals surface area contributed by atoms with Gasteiger partial charge in [0.05, 0.1) is 16.8 Å². The van der Waals surface area contributed by atoms with E-state index in [2.05, 4.69) is 18.3 Å². The smallest absolute Gasteiger partial charge is 0.224 e. The topological polar surface area (TPSA) is 32.3 Å². The highest BCUT2D eigenvalue weighted by molar-refractivity contribution is 6.33. The van der Waals surface area contributed by atoms with Crippen LogP contribution in [-0.2, 0) is 4.79 Å². The van der Waals surface area contributed by atoms with Crippen molar-refractivity contribution in [3.63, 3.8) is 0 Å². The quantitative estimate of drug-likeness (QED) is 0.876. The van der Waals surface area contributed by atoms with Gasteiger partial charge in [-0.25, -0.2) is 0 Å². The van der Waals surface area contributed by atoms with Crippen LogP contribution in [0.3, 0.4) is 0 Å². The summed E-state index contributed by atoms with van der Waals surface area (Å²) in [7, 11) is 0. The van der Waals surface area contributed by atoms with Gasteiger partial charge in [-0.1, -0.05) is 41.9 Å². The summed E-state index contributed by atoms with van der Waals surface area (Å²) < 4.78 is 0. The second-order valence-electron chi connectivity index (χ2n) is 5.71. The fourth-order valence-corrected chi connectivity index (χ4v) is 3.39. The van der Waals surface area contributed by atoms with E-state index in [1.54, 1.807) is 6.92 Å². The predicted molar refractivity (Wildman–Crippen MR) is 91.5 cm³/mol. The molecular formula is C18H19ClN2O. The minimum Gasteiger partial charge on any atom is -0.377 e. The Morgan fingerprint density at radius 1 is 1.18 bits per heavy atom. The molecule has 22 heavy (non-hydrogen) atoms. The summed E-state index contributed by atoms with van der Waals surface area (Å²) in [6.07, 6.45) is 0.849. The van der Waals surface area contributed by atoms with Crippen LogP contribution in [0.4, 0.5) is 11.4 Å². The van der Waals surface area contributed by atoms with E-state index in [-0.39, 0.29) is 18.0 Å². The molecule has 0 bridgehead atoms. The number of anilines is 2. The van der Waals surface area contributed by atoms with Gasteiger partial charge < -0.3 is 10.2 Å². The fourth-order valence-electron chi connectivity index (χ4n) is 3.20. The maximum Gasteiger partial charge on any atom is 0.224 e. The highest BCUT2D eigenvalue weighted by atomic mass is 35.5. The molecule has 3 nitrogen and oxygen atoms in total. The van der Waals surface area contributed by atoms with Crippen LogP contribution in [0.5, 0.6) is 0 Å². The molecule has 0 unspecified atom stereocenters. The number of hydrogen-bond donors (Lipinski definition) is 1. The first kappa shape index (κ1) is 14.9. The molecule has 1 amide bonds. The van der Waals surface area contributed by atoms with Crippen molar-refractivity contribution in [3.8, 4) is 0 Å². The second kappa shape index (κ2) is 6.01. The van der Waals surface area contributed by atoms with Gasteiger partial charge >= 0.3 is 0 Å². The minimum absolute atomic E-state index is 0.0798. The van der Waals surface area contributed by atoms with Crippen molar-refractivity contribution in [2.75, 3.05) is 10.2 Å². The maximum absolute atomic E-state index is 12.0. The Morgan fingerprint density at radius 2 is 1.86 bits per heavy atom. The van der Waals surface area contributed by atoms with Gasteiger partial charge in [0.2, 0.25) is 5.91 Å². The molecule has 0 saturated carbocycles. The van der Waals surface area contributed by atoms with E-state index >= 15 is 0 Å². The number of nitrogens with zero attached hydrogens (tertiary/aromatic N) is 1. The van der Waals surface area contributed by atoms with E-state index in [1.807, 2.05) is 47.4 Å². The van der Waals surface area contributed by atoms with Crippen LogP contribution >= 0.6 is 11.6 Å². The van der Waals surface area contributed by atoms with Crippen molar-refractivity contribution in [2.45, 2.75) is 32.4 Å². The number of rotatable bonds is 2. The summed E-state index contributed by atoms with van der Waals surface area (Å²) in [5.74, 6) is 0.0798. The Bertz CT molecular complexity index is 701. The summed E-state index contributed by atoms with van der Waals surface area (Å²) in [5, 5.41) is 4.24. The van der Waals surface area contributed by atoms with E-state index in [1.165, 1.54) is 0 Å². The molecule has 4 heteroatoms. The van der Waals surface area contributed by atoms with Crippen molar-refractivity contribution < 1.29 is 4.79 Å². The van der Waals surface area contributed by atoms with Gasteiger partial charge in [-0.15, -0.1) is 0 Å². The van der Waals surface area contributed by atoms with Crippen LogP contribution in [0.15, 0.2) is 48.5 Å². The van der Waals surface area contributed by atoms with Crippen molar-refractivity contribution >= 4 is 28.9 Å². The summed E-state index contributed by atoms with van der Waals surface area (Å²) >= 11 is 6.26. The van der Waals surface area contributed by atoms with Gasteiger partial charge in [0.1, 0.15) is 0 Å². The first-order chi connectivity index (χ1) is 10.6. The van der Waals surface area contributed by atoms with Crippen molar-refractivity contribution in [1.82, 2.24) is 0 Å². The lowest BCUT2D eigenvalue weighted by molar-refractivity contribution is -0.117. The zero-order valence-corrected chi connectivity index (χ0v) is 13.5. The van der Waals surface area contributed by atoms with Crippen molar-refractivity contribution in [3.05, 3.63) is 59.1 Å². The van der Waals surface area contributed by atoms with Gasteiger partial charge in [0.25, 0.3) is 0 Å². The molecule has 2 aromatic carbocycles. The summed E-state index contributed by atoms with van der Waals surface area (Å²) in [5.41, 5.74) is 3.04. The highest BCUT2D eigenvalue weighted by Crippen LogP contribution is 2.39. The number of nitrogens with one attached hydrogen (secondary N) is 1. The molecule has 0 aromatic heterocycles. The molecular weight excluding hydrogens is 296 g/mol. The molecule has 0 saturated heterocycles. The number of halogens is 1. The van der Waals surface area contributed by atoms with Crippen LogP contribution in [0, 0.1) is 0 Å². The number of fused-ring (bicyclic) bond motifs is 1. The third-order valence-electron chi connectivity index (χ3n) is 4.13. The SMILES string of the molecule is CC(=O)N1c2ccccc2[C@H](Nc2ccccc2Cl)C[C@H]1C. The van der Waals surface area contributed by atoms with Gasteiger partial charge in [0, 0.05) is 18.7 Å². The molecule has 0 radical (unpaired) electrons. The van der Waals surface area contributed by atoms with Crippen LogP contribution in [0.2, 0.25) is 5.02 Å². The largest absolute Gasteiger partial charge is 0.377 e. The monoisotopic (exact) mass is 314 g/mol. The van der Waals surface area contributed by atoms with E-state index in [0.29, 0.717) is 5.02 Å². The molecule has 1 aliphatic rings. The number of hydrogen-bond acceptors (Lipinski definition) is 2. The maximum atomic E-state index is 12.0. The molecule has 1 heterocycles. The van der Waals surface area contributed by atoms with Gasteiger partial charge in [-0.05, 0) is 37.1 Å². The number of benzene rings is 2. The molecule has 0 aliphatic carbocycles. The normalized spacial score (nSPS) is 20.4. The third kappa shape index (κ3) is 2.69. The Kier molecular flexibility index (Phi) is 4.08. The predicted octanol–water partition coefficient (Wildman–Crippen LogP) is 4.64. The van der Waals surface area contributed by atoms with E-state index in [4.69, 9.17) is 11.6 Å². The van der Waals surface area contributed by atoms with Crippen LogP contribution in [0.1, 0.15) is 31.9 Å². The first-order valence-corrected chi connectivity index (χ1v) is 7.85. The van der Waals surface area contributed by atoms with E-state index < -0.39 is 0 Å². The lowest BCUT2D eigenvalue weighted by atomic mass is 9.91. The van der Waals surface area contributed by atoms with Gasteiger partial charge in [-0.3, -0.25) is 4.79 Å². The summed E-state index contributed by atoms with van der Waals surface area (Å²) in [6.45, 7) is 3.70. The Balaban J connectivity index is 1.98. The zero-order chi connectivity index (χ0) is 15.7. The molecule has 2 aromatic rings. The van der Waals surface area contributed by atoms with E-state index in [0.717, 1.165) is 23.4 Å². The molecule has 0 fully saturated rings. The van der Waals surface area contributed by atoms with E-state index in [9.17, 15) is 4.79 Å². The van der Waals surface area contributed by atoms with Crippen molar-refractivity contribution in [1.29, 1.82) is 0 Å². The molecule has 3 rings (SSSR count). The minimum atomic E-state index is 0.0798. The Labute approximate surface area is 135 Å². The van der Waals surface area contributed by atoms with Crippen LogP contribution in [-0.4, -0.2) is 11.9 Å². The Morgan fingerprint density at radius 3 is 2.59 bits per heavy atom. The van der Waals surface area contributed by atoms with Crippen LogP contribution < -0.4 is 10.2 Å². The van der Waals surface area contributed by atoms with Gasteiger partial charge in [0.15, 0.2) is 0 Å². The molecule has 0 spiro atoms. The number of carbonyl (C=O) groups excluding carboxylic acids is 1. The lowest BCUT2D eigenvalue weighted by Gasteiger charge is -2.39. The average molecular weight is 315 g/mol. The standard InChI is InChI=1S/C18H19ClN2O/c1-12-11-17(20-16-9-5-4-8-15(16)19)14-7-3-6-10-18(14)21(12)13(2)22/h3-10,12,17,20H,11H2,1-2H3/t12-,17-/m1/s1. The molecule has 2 atom stereocenters. The molecule has 114 valence electrons. The summed E-state index contributed by atoms with van der Waals surface area (Å²) in [6, 6.07) is 16.1. The lowest BCUT2D eigenvalue weighted by Crippen LogP contribution is -2.43. The number of amides is 1. The number of carbonyl (C=O) groups is 1. The van der Waals surface area contributed by atoms with Crippen molar-refractivity contribution in [2.24, 2.45) is 0 Å². The molecule has 1 N–H and O–H groups in total. The van der Waals surface area contributed by atoms with Gasteiger partial charge in [-0.2, -0.15) is 0 Å². The highest BCUT2D eigenvalue weighted by Gasteiger charge is 2.32. The number of para-hydroxylation sites is 2. The third-order valence-corrected chi connectivity index (χ3v) is 4.46. The van der Waals surface area contributed by atoms with Crippen LogP contribution in [0.25, 0.3) is 0 Å².